The van der Waals surface area contributed by atoms with Gasteiger partial charge in [0.25, 0.3) is 0 Å². The highest BCUT2D eigenvalue weighted by atomic mass is 79.9. The Kier molecular flexibility index (Phi) is 5.29. The van der Waals surface area contributed by atoms with Crippen molar-refractivity contribution in [1.29, 1.82) is 0 Å². The van der Waals surface area contributed by atoms with Gasteiger partial charge in [-0.05, 0) is 44.9 Å². The molecule has 0 aliphatic carbocycles. The van der Waals surface area contributed by atoms with Crippen LogP contribution < -0.4 is 0 Å². The van der Waals surface area contributed by atoms with Crippen molar-refractivity contribution < 1.29 is 14.5 Å². The van der Waals surface area contributed by atoms with Gasteiger partial charge < -0.3 is 4.74 Å². The van der Waals surface area contributed by atoms with E-state index in [9.17, 15) is 14.9 Å². The van der Waals surface area contributed by atoms with Gasteiger partial charge in [0, 0.05) is 6.08 Å². The Morgan fingerprint density at radius 2 is 2.24 bits per heavy atom. The molecule has 0 saturated heterocycles. The lowest BCUT2D eigenvalue weighted by molar-refractivity contribution is -0.380. The number of carbonyl (C=O) groups is 1. The van der Waals surface area contributed by atoms with E-state index in [1.165, 1.54) is 6.08 Å². The standard InChI is InChI=1S/C9H7Br2NO4S/c1-2-16-6(13)4-3-5-7(10)8(11)17-9(5)12(14)15/h3-4H,2H2,1H3/b4-3+. The van der Waals surface area contributed by atoms with Crippen molar-refractivity contribution in [3.63, 3.8) is 0 Å². The molecule has 0 aliphatic heterocycles. The molecule has 17 heavy (non-hydrogen) atoms. The second kappa shape index (κ2) is 6.27. The third-order valence-corrected chi connectivity index (χ3v) is 5.11. The van der Waals surface area contributed by atoms with E-state index in [-0.39, 0.29) is 11.6 Å². The number of rotatable bonds is 4. The number of nitrogens with zero attached hydrogens (tertiary/aromatic N) is 1. The van der Waals surface area contributed by atoms with E-state index >= 15 is 0 Å². The molecule has 0 fully saturated rings. The predicted octanol–water partition coefficient (Wildman–Crippen LogP) is 3.76. The van der Waals surface area contributed by atoms with E-state index in [1.807, 2.05) is 0 Å². The number of nitro groups is 1. The smallest absolute Gasteiger partial charge is 0.333 e. The van der Waals surface area contributed by atoms with Crippen molar-refractivity contribution in [2.75, 3.05) is 6.61 Å². The minimum Gasteiger partial charge on any atom is -0.463 e. The third-order valence-electron chi connectivity index (χ3n) is 1.66. The second-order valence-corrected chi connectivity index (χ2v) is 5.86. The topological polar surface area (TPSA) is 69.4 Å². The quantitative estimate of drug-likeness (QED) is 0.343. The molecule has 0 bridgehead atoms. The van der Waals surface area contributed by atoms with Crippen molar-refractivity contribution in [3.05, 3.63) is 30.0 Å². The summed E-state index contributed by atoms with van der Waals surface area (Å²) in [6.07, 6.45) is 2.53. The predicted molar refractivity (Wildman–Crippen MR) is 72.0 cm³/mol. The summed E-state index contributed by atoms with van der Waals surface area (Å²) in [6, 6.07) is 0. The van der Waals surface area contributed by atoms with E-state index in [0.29, 0.717) is 13.8 Å². The maximum atomic E-state index is 11.1. The Morgan fingerprint density at radius 1 is 1.59 bits per heavy atom. The summed E-state index contributed by atoms with van der Waals surface area (Å²) in [4.78, 5) is 21.4. The molecule has 0 amide bonds. The largest absolute Gasteiger partial charge is 0.463 e. The fraction of sp³-hybridized carbons (Fsp3) is 0.222. The van der Waals surface area contributed by atoms with Crippen molar-refractivity contribution in [2.24, 2.45) is 0 Å². The van der Waals surface area contributed by atoms with Crippen LogP contribution in [0.15, 0.2) is 14.3 Å². The molecule has 8 heteroatoms. The fourth-order valence-corrected chi connectivity index (χ4v) is 3.10. The molecule has 92 valence electrons. The van der Waals surface area contributed by atoms with Gasteiger partial charge in [0.1, 0.15) is 0 Å². The maximum absolute atomic E-state index is 11.1. The first kappa shape index (κ1) is 14.3. The lowest BCUT2D eigenvalue weighted by Crippen LogP contribution is -1.98. The van der Waals surface area contributed by atoms with Gasteiger partial charge in [0.15, 0.2) is 0 Å². The van der Waals surface area contributed by atoms with Crippen LogP contribution in [0, 0.1) is 10.1 Å². The third kappa shape index (κ3) is 3.62. The average molecular weight is 385 g/mol. The van der Waals surface area contributed by atoms with Gasteiger partial charge in [0.2, 0.25) is 0 Å². The van der Waals surface area contributed by atoms with Crippen LogP contribution in [0.2, 0.25) is 0 Å². The Hall–Kier alpha value is -0.730. The zero-order valence-electron chi connectivity index (χ0n) is 8.61. The monoisotopic (exact) mass is 383 g/mol. The minimum absolute atomic E-state index is 0.0377. The van der Waals surface area contributed by atoms with Crippen LogP contribution in [-0.2, 0) is 9.53 Å². The van der Waals surface area contributed by atoms with E-state index in [4.69, 9.17) is 4.74 Å². The van der Waals surface area contributed by atoms with Gasteiger partial charge in [-0.25, -0.2) is 4.79 Å². The number of hydrogen-bond donors (Lipinski definition) is 0. The first-order chi connectivity index (χ1) is 7.97. The molecule has 0 aromatic carbocycles. The van der Waals surface area contributed by atoms with E-state index in [0.717, 1.165) is 17.4 Å². The molecule has 5 nitrogen and oxygen atoms in total. The summed E-state index contributed by atoms with van der Waals surface area (Å²) in [5.41, 5.74) is 0.347. The first-order valence-electron chi connectivity index (χ1n) is 4.44. The Bertz CT molecular complexity index is 484. The lowest BCUT2D eigenvalue weighted by Gasteiger charge is -1.94. The Balaban J connectivity index is 3.05. The first-order valence-corrected chi connectivity index (χ1v) is 6.84. The highest BCUT2D eigenvalue weighted by Crippen LogP contribution is 2.42. The zero-order chi connectivity index (χ0) is 13.0. The molecular formula is C9H7Br2NO4S. The van der Waals surface area contributed by atoms with Gasteiger partial charge in [-0.1, -0.05) is 11.3 Å². The molecule has 0 aliphatic rings. The molecule has 0 atom stereocenters. The number of esters is 1. The summed E-state index contributed by atoms with van der Waals surface area (Å²) in [7, 11) is 0. The van der Waals surface area contributed by atoms with Crippen molar-refractivity contribution in [2.45, 2.75) is 6.92 Å². The Labute approximate surface area is 118 Å². The molecule has 0 spiro atoms. The van der Waals surface area contributed by atoms with Gasteiger partial charge in [-0.15, -0.1) is 0 Å². The number of hydrogen-bond acceptors (Lipinski definition) is 5. The zero-order valence-corrected chi connectivity index (χ0v) is 12.6. The molecule has 0 N–H and O–H groups in total. The highest BCUT2D eigenvalue weighted by molar-refractivity contribution is 9.13. The number of carbonyl (C=O) groups excluding carboxylic acids is 1. The average Bonchev–Trinajstić information content (AvgIpc) is 2.54. The molecule has 0 unspecified atom stereocenters. The normalized spacial score (nSPS) is 10.8. The van der Waals surface area contributed by atoms with Crippen molar-refractivity contribution in [3.8, 4) is 0 Å². The summed E-state index contributed by atoms with van der Waals surface area (Å²) in [6.45, 7) is 1.95. The van der Waals surface area contributed by atoms with Crippen molar-refractivity contribution >= 4 is 60.2 Å². The van der Waals surface area contributed by atoms with Crippen LogP contribution in [-0.4, -0.2) is 17.5 Å². The minimum atomic E-state index is -0.531. The Morgan fingerprint density at radius 3 is 2.76 bits per heavy atom. The SMILES string of the molecule is CCOC(=O)/C=C/c1c([N+](=O)[O-])sc(Br)c1Br. The fourth-order valence-electron chi connectivity index (χ4n) is 1.01. The van der Waals surface area contributed by atoms with Crippen LogP contribution in [0.5, 0.6) is 0 Å². The molecule has 1 heterocycles. The number of thiophene rings is 1. The molecule has 0 saturated carbocycles. The molecule has 0 radical (unpaired) electrons. The second-order valence-electron chi connectivity index (χ2n) is 2.75. The van der Waals surface area contributed by atoms with Crippen LogP contribution in [0.3, 0.4) is 0 Å². The molecular weight excluding hydrogens is 378 g/mol. The molecule has 1 aromatic heterocycles. The van der Waals surface area contributed by atoms with Crippen LogP contribution in [0.25, 0.3) is 6.08 Å². The van der Waals surface area contributed by atoms with Crippen LogP contribution in [0.1, 0.15) is 12.5 Å². The number of halogens is 2. The van der Waals surface area contributed by atoms with Gasteiger partial charge in [-0.2, -0.15) is 0 Å². The summed E-state index contributed by atoms with van der Waals surface area (Å²) in [5.74, 6) is -0.531. The summed E-state index contributed by atoms with van der Waals surface area (Å²) >= 11 is 7.39. The van der Waals surface area contributed by atoms with Crippen LogP contribution >= 0.6 is 43.2 Å². The summed E-state index contributed by atoms with van der Waals surface area (Å²) < 4.78 is 5.85. The van der Waals surface area contributed by atoms with Crippen LogP contribution in [0.4, 0.5) is 5.00 Å². The molecule has 1 rings (SSSR count). The van der Waals surface area contributed by atoms with E-state index in [1.54, 1.807) is 6.92 Å². The van der Waals surface area contributed by atoms with E-state index in [2.05, 4.69) is 31.9 Å². The van der Waals surface area contributed by atoms with Gasteiger partial charge in [0.05, 0.1) is 25.4 Å². The maximum Gasteiger partial charge on any atom is 0.333 e. The van der Waals surface area contributed by atoms with Crippen molar-refractivity contribution in [1.82, 2.24) is 0 Å². The van der Waals surface area contributed by atoms with Gasteiger partial charge >= 0.3 is 11.0 Å². The van der Waals surface area contributed by atoms with E-state index < -0.39 is 10.9 Å². The molecule has 1 aromatic rings. The number of ether oxygens (including phenoxy) is 1. The summed E-state index contributed by atoms with van der Waals surface area (Å²) in [5, 5.41) is 10.7. The lowest BCUT2D eigenvalue weighted by atomic mass is 10.3. The highest BCUT2D eigenvalue weighted by Gasteiger charge is 2.21. The van der Waals surface area contributed by atoms with Gasteiger partial charge in [-0.3, -0.25) is 10.1 Å².